The van der Waals surface area contributed by atoms with E-state index in [1.807, 2.05) is 36.4 Å². The van der Waals surface area contributed by atoms with Crippen molar-refractivity contribution in [2.75, 3.05) is 0 Å². The first kappa shape index (κ1) is 25.3. The highest BCUT2D eigenvalue weighted by Crippen LogP contribution is 2.37. The van der Waals surface area contributed by atoms with Crippen LogP contribution in [0.15, 0.2) is 60.7 Å². The van der Waals surface area contributed by atoms with Gasteiger partial charge >= 0.3 is 0 Å². The van der Waals surface area contributed by atoms with E-state index in [1.165, 1.54) is 0 Å². The molecule has 3 heteroatoms. The Balaban J connectivity index is 1.38. The van der Waals surface area contributed by atoms with Crippen molar-refractivity contribution >= 4 is 6.08 Å². The minimum Gasteiger partial charge on any atom is -0.207 e. The molecule has 0 spiro atoms. The van der Waals surface area contributed by atoms with E-state index in [2.05, 4.69) is 19.9 Å². The lowest BCUT2D eigenvalue weighted by Crippen LogP contribution is -2.12. The summed E-state index contributed by atoms with van der Waals surface area (Å²) >= 11 is 0. The number of allylic oxidation sites excluding steroid dienone is 1. The normalized spacial score (nSPS) is 18.3. The second kappa shape index (κ2) is 11.7. The highest BCUT2D eigenvalue weighted by molar-refractivity contribution is 5.67. The van der Waals surface area contributed by atoms with Gasteiger partial charge in [-0.2, -0.15) is 0 Å². The first-order valence-corrected chi connectivity index (χ1v) is 13.0. The van der Waals surface area contributed by atoms with Crippen LogP contribution in [0.25, 0.3) is 17.2 Å². The molecule has 0 radical (unpaired) electrons. The molecular formula is C32H35F3. The third-order valence-corrected chi connectivity index (χ3v) is 7.45. The second-order valence-corrected chi connectivity index (χ2v) is 9.81. The molecule has 0 bridgehead atoms. The standard InChI is InChI=1S/C32H35F3/c1-3-5-6-26-17-18-28(21-30(26)33)24-12-9-23(10-13-24)11-16-27-19-20-29(32(35)31(27)34)25-14-7-22(4-2)8-15-25/h7-8,11,14-21,23-24H,3-6,9-10,12-13H2,1-2H3. The monoisotopic (exact) mass is 476 g/mol. The molecule has 0 N–H and O–H groups in total. The van der Waals surface area contributed by atoms with Crippen molar-refractivity contribution < 1.29 is 13.2 Å². The average Bonchev–Trinajstić information content (AvgIpc) is 2.89. The molecule has 0 atom stereocenters. The Bertz CT molecular complexity index is 1150. The van der Waals surface area contributed by atoms with Crippen molar-refractivity contribution in [1.82, 2.24) is 0 Å². The Morgan fingerprint density at radius 3 is 2.23 bits per heavy atom. The summed E-state index contributed by atoms with van der Waals surface area (Å²) in [6.45, 7) is 4.18. The van der Waals surface area contributed by atoms with Crippen LogP contribution in [0.1, 0.15) is 80.5 Å². The summed E-state index contributed by atoms with van der Waals surface area (Å²) in [5.74, 6) is -0.999. The summed E-state index contributed by atoms with van der Waals surface area (Å²) < 4.78 is 44.1. The maximum atomic E-state index is 14.8. The molecule has 0 heterocycles. The van der Waals surface area contributed by atoms with Crippen molar-refractivity contribution in [3.8, 4) is 11.1 Å². The van der Waals surface area contributed by atoms with Crippen LogP contribution in [-0.4, -0.2) is 0 Å². The third kappa shape index (κ3) is 6.07. The molecule has 3 aromatic rings. The van der Waals surface area contributed by atoms with Gasteiger partial charge in [0, 0.05) is 11.1 Å². The fourth-order valence-electron chi connectivity index (χ4n) is 5.11. The Labute approximate surface area is 207 Å². The van der Waals surface area contributed by atoms with Gasteiger partial charge in [-0.15, -0.1) is 0 Å². The Morgan fingerprint density at radius 2 is 1.57 bits per heavy atom. The van der Waals surface area contributed by atoms with Crippen LogP contribution in [0.3, 0.4) is 0 Å². The van der Waals surface area contributed by atoms with Gasteiger partial charge in [0.2, 0.25) is 0 Å². The van der Waals surface area contributed by atoms with Crippen LogP contribution >= 0.6 is 0 Å². The van der Waals surface area contributed by atoms with Gasteiger partial charge in [0.15, 0.2) is 11.6 Å². The van der Waals surface area contributed by atoms with Crippen LogP contribution in [0.2, 0.25) is 0 Å². The second-order valence-electron chi connectivity index (χ2n) is 9.81. The highest BCUT2D eigenvalue weighted by atomic mass is 19.2. The lowest BCUT2D eigenvalue weighted by molar-refractivity contribution is 0.376. The van der Waals surface area contributed by atoms with E-state index in [9.17, 15) is 13.2 Å². The molecule has 4 rings (SSSR count). The summed E-state index contributed by atoms with van der Waals surface area (Å²) in [7, 11) is 0. The van der Waals surface area contributed by atoms with Crippen LogP contribution < -0.4 is 0 Å². The van der Waals surface area contributed by atoms with Crippen LogP contribution in [0.4, 0.5) is 13.2 Å². The Kier molecular flexibility index (Phi) is 8.49. The molecule has 35 heavy (non-hydrogen) atoms. The van der Waals surface area contributed by atoms with E-state index in [1.54, 1.807) is 24.3 Å². The molecule has 0 aromatic heterocycles. The molecule has 1 aliphatic carbocycles. The molecule has 3 aromatic carbocycles. The Hall–Kier alpha value is -2.81. The molecular weight excluding hydrogens is 441 g/mol. The molecule has 0 nitrogen and oxygen atoms in total. The van der Waals surface area contributed by atoms with Gasteiger partial charge in [-0.3, -0.25) is 0 Å². The molecule has 0 saturated heterocycles. The molecule has 184 valence electrons. The number of hydrogen-bond acceptors (Lipinski definition) is 0. The lowest BCUT2D eigenvalue weighted by Gasteiger charge is -2.27. The third-order valence-electron chi connectivity index (χ3n) is 7.45. The summed E-state index contributed by atoms with van der Waals surface area (Å²) in [4.78, 5) is 0. The number of hydrogen-bond donors (Lipinski definition) is 0. The summed E-state index contributed by atoms with van der Waals surface area (Å²) in [5.41, 5.74) is 4.31. The van der Waals surface area contributed by atoms with Crippen LogP contribution in [0.5, 0.6) is 0 Å². The van der Waals surface area contributed by atoms with E-state index >= 15 is 0 Å². The lowest BCUT2D eigenvalue weighted by atomic mass is 9.78. The minimum absolute atomic E-state index is 0.0831. The predicted octanol–water partition coefficient (Wildman–Crippen LogP) is 9.66. The maximum Gasteiger partial charge on any atom is 0.167 e. The summed E-state index contributed by atoms with van der Waals surface area (Å²) in [6, 6.07) is 16.7. The molecule has 0 amide bonds. The van der Waals surface area contributed by atoms with Crippen molar-refractivity contribution in [2.24, 2.45) is 5.92 Å². The zero-order valence-electron chi connectivity index (χ0n) is 20.8. The summed E-state index contributed by atoms with van der Waals surface area (Å²) in [5, 5.41) is 0. The van der Waals surface area contributed by atoms with Gasteiger partial charge in [0.25, 0.3) is 0 Å². The van der Waals surface area contributed by atoms with E-state index in [4.69, 9.17) is 0 Å². The van der Waals surface area contributed by atoms with Crippen LogP contribution in [-0.2, 0) is 12.8 Å². The maximum absolute atomic E-state index is 14.8. The Morgan fingerprint density at radius 1 is 0.829 bits per heavy atom. The van der Waals surface area contributed by atoms with Crippen LogP contribution in [0, 0.1) is 23.4 Å². The average molecular weight is 477 g/mol. The number of benzene rings is 3. The molecule has 0 unspecified atom stereocenters. The quantitative estimate of drug-likeness (QED) is 0.303. The van der Waals surface area contributed by atoms with Crippen molar-refractivity contribution in [2.45, 2.75) is 71.1 Å². The number of halogens is 3. The smallest absolute Gasteiger partial charge is 0.167 e. The molecule has 1 aliphatic rings. The number of aryl methyl sites for hydroxylation is 2. The largest absolute Gasteiger partial charge is 0.207 e. The van der Waals surface area contributed by atoms with Crippen molar-refractivity contribution in [1.29, 1.82) is 0 Å². The van der Waals surface area contributed by atoms with Crippen molar-refractivity contribution in [3.05, 3.63) is 100 Å². The van der Waals surface area contributed by atoms with Gasteiger partial charge in [-0.25, -0.2) is 13.2 Å². The minimum atomic E-state index is -0.801. The van der Waals surface area contributed by atoms with E-state index in [-0.39, 0.29) is 16.9 Å². The fraction of sp³-hybridized carbons (Fsp3) is 0.375. The van der Waals surface area contributed by atoms with Gasteiger partial charge in [-0.05, 0) is 85.1 Å². The van der Waals surface area contributed by atoms with Crippen molar-refractivity contribution in [3.63, 3.8) is 0 Å². The van der Waals surface area contributed by atoms with E-state index < -0.39 is 11.6 Å². The zero-order chi connectivity index (χ0) is 24.8. The van der Waals surface area contributed by atoms with Gasteiger partial charge in [-0.1, -0.05) is 81.0 Å². The fourth-order valence-corrected chi connectivity index (χ4v) is 5.11. The van der Waals surface area contributed by atoms with Gasteiger partial charge < -0.3 is 0 Å². The predicted molar refractivity (Wildman–Crippen MR) is 140 cm³/mol. The highest BCUT2D eigenvalue weighted by Gasteiger charge is 2.22. The molecule has 1 saturated carbocycles. The topological polar surface area (TPSA) is 0 Å². The van der Waals surface area contributed by atoms with E-state index in [0.717, 1.165) is 68.1 Å². The van der Waals surface area contributed by atoms with Gasteiger partial charge in [0.05, 0.1) is 0 Å². The molecule has 0 aliphatic heterocycles. The number of unbranched alkanes of at least 4 members (excludes halogenated alkanes) is 1. The SMILES string of the molecule is CCCCc1ccc(C2CCC(C=Cc3ccc(-c4ccc(CC)cc4)c(F)c3F)CC2)cc1F. The zero-order valence-corrected chi connectivity index (χ0v) is 20.8. The van der Waals surface area contributed by atoms with Gasteiger partial charge in [0.1, 0.15) is 5.82 Å². The molecule has 1 fully saturated rings. The first-order chi connectivity index (χ1) is 17.0. The first-order valence-electron chi connectivity index (χ1n) is 13.0. The number of rotatable bonds is 8. The van der Waals surface area contributed by atoms with E-state index in [0.29, 0.717) is 17.4 Å². The summed E-state index contributed by atoms with van der Waals surface area (Å²) in [6.07, 6.45) is 11.4.